The molecule has 11 nitrogen and oxygen atoms in total. The fourth-order valence-electron chi connectivity index (χ4n) is 10.0. The number of hydrogen-bond acceptors (Lipinski definition) is 9. The van der Waals surface area contributed by atoms with Gasteiger partial charge in [-0.25, -0.2) is 33.7 Å². The van der Waals surface area contributed by atoms with Crippen LogP contribution in [0.2, 0.25) is 0 Å². The SMILES string of the molecule is CCCCCCCCN(c1ccc(N(S(=O)(=O)c2ccc(-c3ccc(Br)cc3)cc2)S(=O)(=O)c2ccc(-c3ccc(Br)cc3)cc2)cc1)c1ccc(N(S(=O)(=O)c2ccc(-c3ccc(Br)cc3)cc2)S(=O)(=O)c2ccc(-c3ccc(Br)cc3)cc2)cc1. The number of unbranched alkanes of at least 4 members (excludes halogenated alkanes) is 5. The molecule has 444 valence electrons. The second-order valence-electron chi connectivity index (χ2n) is 20.5. The van der Waals surface area contributed by atoms with Gasteiger partial charge in [0.15, 0.2) is 0 Å². The molecule has 0 aliphatic rings. The lowest BCUT2D eigenvalue weighted by atomic mass is 10.1. The molecular formula is C68H57Br4N3O8S4. The molecule has 0 saturated heterocycles. The Hall–Kier alpha value is -6.68. The zero-order valence-corrected chi connectivity index (χ0v) is 56.4. The van der Waals surface area contributed by atoms with Gasteiger partial charge < -0.3 is 4.90 Å². The number of benzene rings is 10. The molecule has 0 unspecified atom stereocenters. The average Bonchev–Trinajstić information content (AvgIpc) is 1.05. The van der Waals surface area contributed by atoms with Crippen LogP contribution in [0.1, 0.15) is 45.4 Å². The van der Waals surface area contributed by atoms with E-state index >= 15 is 33.7 Å². The molecule has 0 aliphatic carbocycles. The van der Waals surface area contributed by atoms with E-state index in [0.717, 1.165) is 101 Å². The van der Waals surface area contributed by atoms with Crippen molar-refractivity contribution in [1.82, 2.24) is 0 Å². The Morgan fingerprint density at radius 1 is 0.253 bits per heavy atom. The molecule has 0 aromatic heterocycles. The van der Waals surface area contributed by atoms with Gasteiger partial charge in [0.05, 0.1) is 31.0 Å². The monoisotopic (exact) mass is 1490 g/mol. The fraction of sp³-hybridized carbons (Fsp3) is 0.118. The van der Waals surface area contributed by atoms with Crippen molar-refractivity contribution in [3.63, 3.8) is 0 Å². The Balaban J connectivity index is 1.03. The van der Waals surface area contributed by atoms with Crippen molar-refractivity contribution in [2.24, 2.45) is 0 Å². The summed E-state index contributed by atoms with van der Waals surface area (Å²) in [5, 5.41) is 0. The van der Waals surface area contributed by atoms with E-state index < -0.39 is 40.1 Å². The van der Waals surface area contributed by atoms with Gasteiger partial charge in [0.1, 0.15) is 0 Å². The van der Waals surface area contributed by atoms with Crippen molar-refractivity contribution in [2.45, 2.75) is 65.0 Å². The van der Waals surface area contributed by atoms with Gasteiger partial charge in [-0.2, -0.15) is 7.42 Å². The maximum absolute atomic E-state index is 15.1. The van der Waals surface area contributed by atoms with E-state index in [9.17, 15) is 0 Å². The van der Waals surface area contributed by atoms with E-state index in [4.69, 9.17) is 0 Å². The molecule has 0 spiro atoms. The van der Waals surface area contributed by atoms with Crippen LogP contribution in [0.4, 0.5) is 22.7 Å². The number of anilines is 4. The first-order valence-corrected chi connectivity index (χ1v) is 36.7. The second-order valence-corrected chi connectivity index (χ2v) is 31.8. The van der Waals surface area contributed by atoms with Gasteiger partial charge in [-0.05, 0) is 197 Å². The lowest BCUT2D eigenvalue weighted by Gasteiger charge is -2.28. The van der Waals surface area contributed by atoms with Crippen LogP contribution in [0, 0.1) is 0 Å². The van der Waals surface area contributed by atoms with Gasteiger partial charge in [0.2, 0.25) is 0 Å². The summed E-state index contributed by atoms with van der Waals surface area (Å²) in [4.78, 5) is 0.959. The molecule has 0 aliphatic heterocycles. The minimum atomic E-state index is -4.84. The highest BCUT2D eigenvalue weighted by atomic mass is 79.9. The molecule has 10 aromatic carbocycles. The third-order valence-electron chi connectivity index (χ3n) is 14.7. The molecule has 0 bridgehead atoms. The van der Waals surface area contributed by atoms with E-state index in [0.29, 0.717) is 25.3 Å². The van der Waals surface area contributed by atoms with Gasteiger partial charge in [0.25, 0.3) is 40.1 Å². The molecule has 10 aromatic rings. The van der Waals surface area contributed by atoms with Crippen LogP contribution in [-0.4, -0.2) is 40.2 Å². The van der Waals surface area contributed by atoms with E-state index in [-0.39, 0.29) is 31.0 Å². The third kappa shape index (κ3) is 14.4. The van der Waals surface area contributed by atoms with Crippen molar-refractivity contribution in [2.75, 3.05) is 18.9 Å². The summed E-state index contributed by atoms with van der Waals surface area (Å²) in [6, 6.07) is 66.7. The summed E-state index contributed by atoms with van der Waals surface area (Å²) in [6.45, 7) is 2.59. The van der Waals surface area contributed by atoms with Crippen molar-refractivity contribution < 1.29 is 33.7 Å². The van der Waals surface area contributed by atoms with Crippen LogP contribution >= 0.6 is 63.7 Å². The molecular weight excluding hydrogens is 1430 g/mol. The van der Waals surface area contributed by atoms with Crippen molar-refractivity contribution in [3.05, 3.63) is 261 Å². The fourth-order valence-corrected chi connectivity index (χ4v) is 18.4. The van der Waals surface area contributed by atoms with E-state index in [1.54, 1.807) is 72.8 Å². The quantitative estimate of drug-likeness (QED) is 0.0571. The molecule has 0 fully saturated rings. The number of hydrogen-bond donors (Lipinski definition) is 0. The predicted molar refractivity (Wildman–Crippen MR) is 365 cm³/mol. The van der Waals surface area contributed by atoms with Crippen LogP contribution in [-0.2, 0) is 40.1 Å². The maximum Gasteiger partial charge on any atom is 0.277 e. The van der Waals surface area contributed by atoms with E-state index in [2.05, 4.69) is 70.6 Å². The Bertz CT molecular complexity index is 3950. The highest BCUT2D eigenvalue weighted by molar-refractivity contribution is 9.11. The average molecular weight is 1490 g/mol. The maximum atomic E-state index is 15.1. The summed E-state index contributed by atoms with van der Waals surface area (Å²) in [7, 11) is -19.4. The Morgan fingerprint density at radius 3 is 0.678 bits per heavy atom. The van der Waals surface area contributed by atoms with Gasteiger partial charge in [0, 0.05) is 35.8 Å². The highest BCUT2D eigenvalue weighted by Crippen LogP contribution is 2.39. The molecule has 0 atom stereocenters. The second kappa shape index (κ2) is 27.4. The Labute approximate surface area is 544 Å². The molecule has 0 saturated carbocycles. The first kappa shape index (κ1) is 63.3. The van der Waals surface area contributed by atoms with Crippen molar-refractivity contribution >= 4 is 127 Å². The van der Waals surface area contributed by atoms with Crippen LogP contribution in [0.15, 0.2) is 280 Å². The summed E-state index contributed by atoms with van der Waals surface area (Å²) >= 11 is 13.8. The standard InChI is InChI=1S/C68H57Br4N3O8S4/c1-2-3-4-5-6-7-48-73(61-32-36-63(37-33-61)74(84(76,77)65-40-16-53(17-41-65)49-8-24-57(69)25-9-49)85(78,79)66-42-18-54(19-43-66)50-10-26-58(70)27-11-50)62-34-38-64(39-35-62)75(86(80,81)67-44-20-55(21-45-67)51-12-28-59(71)29-13-51)87(82,83)68-46-22-56(23-47-68)52-14-30-60(72)31-15-52/h8-47H,2-7,48H2,1H3. The van der Waals surface area contributed by atoms with Crippen LogP contribution in [0.25, 0.3) is 44.5 Å². The highest BCUT2D eigenvalue weighted by Gasteiger charge is 2.39. The van der Waals surface area contributed by atoms with Crippen LogP contribution in [0.5, 0.6) is 0 Å². The minimum absolute atomic E-state index is 0.150. The van der Waals surface area contributed by atoms with Crippen LogP contribution in [0.3, 0.4) is 0 Å². The molecule has 0 N–H and O–H groups in total. The van der Waals surface area contributed by atoms with E-state index in [1.807, 2.05) is 102 Å². The zero-order valence-electron chi connectivity index (χ0n) is 46.8. The predicted octanol–water partition coefficient (Wildman–Crippen LogP) is 19.1. The lowest BCUT2D eigenvalue weighted by molar-refractivity contribution is 0.581. The normalized spacial score (nSPS) is 12.0. The number of sulfonamides is 4. The van der Waals surface area contributed by atoms with Gasteiger partial charge in [-0.15, -0.1) is 0 Å². The third-order valence-corrected chi connectivity index (χ3v) is 25.2. The Morgan fingerprint density at radius 2 is 0.448 bits per heavy atom. The molecule has 87 heavy (non-hydrogen) atoms. The van der Waals surface area contributed by atoms with Gasteiger partial charge in [-0.3, -0.25) is 0 Å². The largest absolute Gasteiger partial charge is 0.341 e. The first-order valence-electron chi connectivity index (χ1n) is 27.8. The van der Waals surface area contributed by atoms with Gasteiger partial charge in [-0.1, -0.05) is 200 Å². The Kier molecular flexibility index (Phi) is 19.9. The lowest BCUT2D eigenvalue weighted by Crippen LogP contribution is -2.37. The molecule has 0 amide bonds. The van der Waals surface area contributed by atoms with Crippen molar-refractivity contribution in [1.29, 1.82) is 0 Å². The van der Waals surface area contributed by atoms with Crippen molar-refractivity contribution in [3.8, 4) is 44.5 Å². The first-order chi connectivity index (χ1) is 41.7. The molecule has 10 rings (SSSR count). The summed E-state index contributed by atoms with van der Waals surface area (Å²) in [5.74, 6) is 0. The minimum Gasteiger partial charge on any atom is -0.341 e. The van der Waals surface area contributed by atoms with E-state index in [1.165, 1.54) is 72.8 Å². The summed E-state index contributed by atoms with van der Waals surface area (Å²) < 4.78 is 125. The number of nitrogens with zero attached hydrogens (tertiary/aromatic N) is 3. The number of rotatable bonds is 23. The zero-order chi connectivity index (χ0) is 61.5. The summed E-state index contributed by atoms with van der Waals surface area (Å²) in [5.41, 5.74) is 7.04. The topological polar surface area (TPSA) is 146 Å². The smallest absolute Gasteiger partial charge is 0.277 e. The molecule has 0 radical (unpaired) electrons. The molecule has 0 heterocycles. The summed E-state index contributed by atoms with van der Waals surface area (Å²) in [6.07, 6.45) is 5.79. The van der Waals surface area contributed by atoms with Crippen LogP contribution < -0.4 is 12.3 Å². The number of halogens is 4. The van der Waals surface area contributed by atoms with Gasteiger partial charge >= 0.3 is 0 Å². The molecule has 19 heteroatoms.